The van der Waals surface area contributed by atoms with Gasteiger partial charge < -0.3 is 10.5 Å². The molecule has 16 heavy (non-hydrogen) atoms. The fourth-order valence-corrected chi connectivity index (χ4v) is 1.18. The maximum Gasteiger partial charge on any atom is 0.307 e. The van der Waals surface area contributed by atoms with Gasteiger partial charge in [-0.3, -0.25) is 4.79 Å². The molecule has 90 valence electrons. The van der Waals surface area contributed by atoms with Crippen molar-refractivity contribution in [3.8, 4) is 0 Å². The average Bonchev–Trinajstić information content (AvgIpc) is 2.17. The van der Waals surface area contributed by atoms with Crippen molar-refractivity contribution in [1.29, 1.82) is 0 Å². The molecule has 2 N–H and O–H groups in total. The molecule has 0 saturated heterocycles. The van der Waals surface area contributed by atoms with Crippen molar-refractivity contribution >= 4 is 18.4 Å². The monoisotopic (exact) mass is 251 g/mol. The quantitative estimate of drug-likeness (QED) is 0.836. The first-order valence-corrected chi connectivity index (χ1v) is 4.32. The van der Waals surface area contributed by atoms with E-state index < -0.39 is 23.6 Å². The Morgan fingerprint density at radius 3 is 2.62 bits per heavy atom. The predicted octanol–water partition coefficient (Wildman–Crippen LogP) is 1.95. The largest absolute Gasteiger partial charge is 0.469 e. The van der Waals surface area contributed by atoms with Crippen LogP contribution in [0, 0.1) is 11.6 Å². The number of benzene rings is 1. The van der Waals surface area contributed by atoms with Crippen LogP contribution in [0.2, 0.25) is 0 Å². The fourth-order valence-electron chi connectivity index (χ4n) is 1.18. The van der Waals surface area contributed by atoms with E-state index in [-0.39, 0.29) is 24.4 Å². The standard InChI is InChI=1S/C10H11F2NO2.ClH/c1-15-10(14)5-9(13)7-3-2-6(11)4-8(7)12;/h2-4,9H,5,13H2,1H3;1H/t9-;/m1./s1. The first-order chi connectivity index (χ1) is 7.04. The number of rotatable bonds is 3. The summed E-state index contributed by atoms with van der Waals surface area (Å²) in [6, 6.07) is 2.22. The van der Waals surface area contributed by atoms with Crippen LogP contribution in [0.3, 0.4) is 0 Å². The first kappa shape index (κ1) is 14.8. The number of halogens is 3. The highest BCUT2D eigenvalue weighted by Gasteiger charge is 2.15. The van der Waals surface area contributed by atoms with Gasteiger partial charge >= 0.3 is 5.97 Å². The molecule has 0 amide bonds. The van der Waals surface area contributed by atoms with Crippen LogP contribution < -0.4 is 5.73 Å². The lowest BCUT2D eigenvalue weighted by molar-refractivity contribution is -0.141. The van der Waals surface area contributed by atoms with Gasteiger partial charge in [-0.25, -0.2) is 8.78 Å². The van der Waals surface area contributed by atoms with Gasteiger partial charge in [-0.15, -0.1) is 12.4 Å². The molecule has 0 aliphatic carbocycles. The Labute approximate surface area is 98.0 Å². The summed E-state index contributed by atoms with van der Waals surface area (Å²) in [6.07, 6.45) is -0.140. The molecule has 0 bridgehead atoms. The van der Waals surface area contributed by atoms with E-state index in [9.17, 15) is 13.6 Å². The van der Waals surface area contributed by atoms with Crippen molar-refractivity contribution in [1.82, 2.24) is 0 Å². The Kier molecular flexibility index (Phi) is 5.92. The van der Waals surface area contributed by atoms with Crippen molar-refractivity contribution in [2.75, 3.05) is 7.11 Å². The topological polar surface area (TPSA) is 52.3 Å². The third-order valence-corrected chi connectivity index (χ3v) is 1.98. The summed E-state index contributed by atoms with van der Waals surface area (Å²) in [5, 5.41) is 0. The molecule has 1 atom stereocenters. The Morgan fingerprint density at radius 2 is 2.12 bits per heavy atom. The molecule has 3 nitrogen and oxygen atoms in total. The van der Waals surface area contributed by atoms with Crippen LogP contribution in [0.4, 0.5) is 8.78 Å². The van der Waals surface area contributed by atoms with Crippen LogP contribution in [0.15, 0.2) is 18.2 Å². The van der Waals surface area contributed by atoms with Crippen molar-refractivity contribution in [2.45, 2.75) is 12.5 Å². The molecule has 1 aromatic rings. The van der Waals surface area contributed by atoms with Gasteiger partial charge in [0.2, 0.25) is 0 Å². The van der Waals surface area contributed by atoms with Crippen LogP contribution in [0.5, 0.6) is 0 Å². The lowest BCUT2D eigenvalue weighted by atomic mass is 10.0. The smallest absolute Gasteiger partial charge is 0.307 e. The minimum absolute atomic E-state index is 0. The molecule has 1 rings (SSSR count). The summed E-state index contributed by atoms with van der Waals surface area (Å²) in [5.74, 6) is -1.97. The Bertz CT molecular complexity index is 374. The Balaban J connectivity index is 0.00000225. The summed E-state index contributed by atoms with van der Waals surface area (Å²) in [7, 11) is 1.22. The van der Waals surface area contributed by atoms with Crippen LogP contribution in [-0.4, -0.2) is 13.1 Å². The number of hydrogen-bond acceptors (Lipinski definition) is 3. The highest BCUT2D eigenvalue weighted by molar-refractivity contribution is 5.85. The van der Waals surface area contributed by atoms with E-state index in [0.717, 1.165) is 12.1 Å². The second kappa shape index (κ2) is 6.40. The molecule has 0 spiro atoms. The van der Waals surface area contributed by atoms with E-state index in [4.69, 9.17) is 5.73 Å². The van der Waals surface area contributed by atoms with Gasteiger partial charge in [-0.05, 0) is 6.07 Å². The number of hydrogen-bond donors (Lipinski definition) is 1. The van der Waals surface area contributed by atoms with Gasteiger partial charge in [0, 0.05) is 17.7 Å². The molecule has 0 heterocycles. The minimum Gasteiger partial charge on any atom is -0.469 e. The van der Waals surface area contributed by atoms with Crippen molar-refractivity contribution in [3.63, 3.8) is 0 Å². The summed E-state index contributed by atoms with van der Waals surface area (Å²) in [5.41, 5.74) is 5.66. The molecule has 6 heteroatoms. The molecule has 1 aromatic carbocycles. The third kappa shape index (κ3) is 3.75. The van der Waals surface area contributed by atoms with Crippen LogP contribution in [0.1, 0.15) is 18.0 Å². The summed E-state index contributed by atoms with van der Waals surface area (Å²) < 4.78 is 30.1. The van der Waals surface area contributed by atoms with E-state index in [0.29, 0.717) is 0 Å². The maximum absolute atomic E-state index is 13.2. The highest BCUT2D eigenvalue weighted by atomic mass is 35.5. The van der Waals surface area contributed by atoms with Crippen molar-refractivity contribution in [3.05, 3.63) is 35.4 Å². The molecule has 0 aliphatic heterocycles. The Hall–Kier alpha value is -1.20. The zero-order valence-electron chi connectivity index (χ0n) is 8.57. The van der Waals surface area contributed by atoms with Gasteiger partial charge in [0.1, 0.15) is 11.6 Å². The number of carbonyl (C=O) groups is 1. The normalized spacial score (nSPS) is 11.5. The van der Waals surface area contributed by atoms with Gasteiger partial charge in [0.15, 0.2) is 0 Å². The third-order valence-electron chi connectivity index (χ3n) is 1.98. The minimum atomic E-state index is -0.821. The van der Waals surface area contributed by atoms with Gasteiger partial charge in [-0.2, -0.15) is 0 Å². The zero-order valence-corrected chi connectivity index (χ0v) is 9.39. The van der Waals surface area contributed by atoms with Crippen LogP contribution in [-0.2, 0) is 9.53 Å². The number of ether oxygens (including phenoxy) is 1. The summed E-state index contributed by atoms with van der Waals surface area (Å²) in [4.78, 5) is 10.9. The molecular formula is C10H12ClF2NO2. The van der Waals surface area contributed by atoms with E-state index >= 15 is 0 Å². The second-order valence-corrected chi connectivity index (χ2v) is 3.05. The SMILES string of the molecule is COC(=O)C[C@@H](N)c1ccc(F)cc1F.Cl. The summed E-state index contributed by atoms with van der Waals surface area (Å²) in [6.45, 7) is 0. The van der Waals surface area contributed by atoms with E-state index in [1.165, 1.54) is 13.2 Å². The number of methoxy groups -OCH3 is 1. The summed E-state index contributed by atoms with van der Waals surface area (Å²) >= 11 is 0. The van der Waals surface area contributed by atoms with Gasteiger partial charge in [-0.1, -0.05) is 6.07 Å². The number of carbonyl (C=O) groups excluding carboxylic acids is 1. The van der Waals surface area contributed by atoms with Crippen LogP contribution >= 0.6 is 12.4 Å². The molecular weight excluding hydrogens is 240 g/mol. The lowest BCUT2D eigenvalue weighted by Crippen LogP contribution is -2.17. The first-order valence-electron chi connectivity index (χ1n) is 4.32. The number of esters is 1. The molecule has 0 fully saturated rings. The second-order valence-electron chi connectivity index (χ2n) is 3.05. The van der Waals surface area contributed by atoms with E-state index in [1.807, 2.05) is 0 Å². The maximum atomic E-state index is 13.2. The lowest BCUT2D eigenvalue weighted by Gasteiger charge is -2.11. The van der Waals surface area contributed by atoms with Gasteiger partial charge in [0.25, 0.3) is 0 Å². The average molecular weight is 252 g/mol. The van der Waals surface area contributed by atoms with E-state index in [2.05, 4.69) is 4.74 Å². The van der Waals surface area contributed by atoms with Crippen LogP contribution in [0.25, 0.3) is 0 Å². The molecule has 0 unspecified atom stereocenters. The Morgan fingerprint density at radius 1 is 1.50 bits per heavy atom. The van der Waals surface area contributed by atoms with Gasteiger partial charge in [0.05, 0.1) is 13.5 Å². The highest BCUT2D eigenvalue weighted by Crippen LogP contribution is 2.18. The van der Waals surface area contributed by atoms with Crippen molar-refractivity contribution < 1.29 is 18.3 Å². The molecule has 0 aromatic heterocycles. The molecule has 0 aliphatic rings. The van der Waals surface area contributed by atoms with Crippen molar-refractivity contribution in [2.24, 2.45) is 5.73 Å². The predicted molar refractivity (Wildman–Crippen MR) is 57.2 cm³/mol. The van der Waals surface area contributed by atoms with E-state index in [1.54, 1.807) is 0 Å². The molecule has 0 radical (unpaired) electrons. The molecule has 0 saturated carbocycles. The zero-order chi connectivity index (χ0) is 11.4. The number of nitrogens with two attached hydrogens (primary N) is 1. The fraction of sp³-hybridized carbons (Fsp3) is 0.300.